The Hall–Kier alpha value is -0.761. The first kappa shape index (κ1) is 10.7. The van der Waals surface area contributed by atoms with Gasteiger partial charge in [0.15, 0.2) is 0 Å². The van der Waals surface area contributed by atoms with Crippen molar-refractivity contribution < 1.29 is 9.53 Å². The van der Waals surface area contributed by atoms with E-state index >= 15 is 0 Å². The van der Waals surface area contributed by atoms with Crippen molar-refractivity contribution in [3.63, 3.8) is 0 Å². The molecule has 0 fully saturated rings. The third kappa shape index (κ3) is 2.25. The van der Waals surface area contributed by atoms with Crippen LogP contribution in [0.15, 0.2) is 39.8 Å². The first-order chi connectivity index (χ1) is 7.18. The van der Waals surface area contributed by atoms with Gasteiger partial charge in [0.2, 0.25) is 0 Å². The standard InChI is InChI=1S/C11H9ClO2Se/c1-7-10(9(12)11(13)14-7)15-8-5-3-2-4-6-8/h2-7H,1H3. The Morgan fingerprint density at radius 1 is 1.33 bits per heavy atom. The third-order valence-electron chi connectivity index (χ3n) is 2.02. The van der Waals surface area contributed by atoms with Crippen LogP contribution in [0.4, 0.5) is 0 Å². The third-order valence-corrected chi connectivity index (χ3v) is 5.28. The van der Waals surface area contributed by atoms with Crippen LogP contribution in [-0.2, 0) is 9.53 Å². The summed E-state index contributed by atoms with van der Waals surface area (Å²) in [6.07, 6.45) is -0.176. The summed E-state index contributed by atoms with van der Waals surface area (Å²) in [5.74, 6) is -0.392. The molecule has 0 spiro atoms. The molecular formula is C11H9ClO2Se. The molecule has 2 rings (SSSR count). The molecule has 0 aromatic heterocycles. The SMILES string of the molecule is CC1OC(=O)C(Cl)=C1[Se]c1ccccc1. The van der Waals surface area contributed by atoms with Crippen molar-refractivity contribution in [2.45, 2.75) is 13.0 Å². The normalized spacial score (nSPS) is 20.7. The molecule has 1 unspecified atom stereocenters. The summed E-state index contributed by atoms with van der Waals surface area (Å²) in [6, 6.07) is 10.00. The Bertz CT molecular complexity index is 414. The second kappa shape index (κ2) is 4.40. The van der Waals surface area contributed by atoms with E-state index in [-0.39, 0.29) is 26.1 Å². The second-order valence-corrected chi connectivity index (χ2v) is 5.86. The molecule has 0 radical (unpaired) electrons. The van der Waals surface area contributed by atoms with E-state index < -0.39 is 5.97 Å². The van der Waals surface area contributed by atoms with Crippen LogP contribution >= 0.6 is 11.6 Å². The molecule has 0 N–H and O–H groups in total. The minimum absolute atomic E-state index is 0.0733. The zero-order valence-corrected chi connectivity index (χ0v) is 10.5. The molecule has 1 aliphatic heterocycles. The number of cyclic esters (lactones) is 1. The summed E-state index contributed by atoms with van der Waals surface area (Å²) in [6.45, 7) is 1.85. The van der Waals surface area contributed by atoms with E-state index in [0.29, 0.717) is 0 Å². The van der Waals surface area contributed by atoms with Crippen LogP contribution in [0.2, 0.25) is 0 Å². The maximum atomic E-state index is 11.2. The van der Waals surface area contributed by atoms with Gasteiger partial charge in [-0.3, -0.25) is 0 Å². The average Bonchev–Trinajstić information content (AvgIpc) is 2.47. The first-order valence-electron chi connectivity index (χ1n) is 4.52. The zero-order chi connectivity index (χ0) is 10.8. The fourth-order valence-electron chi connectivity index (χ4n) is 1.29. The van der Waals surface area contributed by atoms with Crippen molar-refractivity contribution in [3.8, 4) is 0 Å². The van der Waals surface area contributed by atoms with Crippen molar-refractivity contribution in [2.24, 2.45) is 0 Å². The number of hydrogen-bond acceptors (Lipinski definition) is 2. The Kier molecular flexibility index (Phi) is 3.15. The molecule has 0 aliphatic carbocycles. The van der Waals surface area contributed by atoms with Gasteiger partial charge in [0.05, 0.1) is 0 Å². The Labute approximate surface area is 99.4 Å². The molecule has 0 bridgehead atoms. The van der Waals surface area contributed by atoms with Gasteiger partial charge in [-0.2, -0.15) is 0 Å². The molecule has 1 atom stereocenters. The molecule has 2 nitrogen and oxygen atoms in total. The molecule has 0 amide bonds. The van der Waals surface area contributed by atoms with Gasteiger partial charge in [0.1, 0.15) is 0 Å². The predicted molar refractivity (Wildman–Crippen MR) is 60.3 cm³/mol. The number of rotatable bonds is 2. The quantitative estimate of drug-likeness (QED) is 0.607. The van der Waals surface area contributed by atoms with Gasteiger partial charge < -0.3 is 0 Å². The topological polar surface area (TPSA) is 26.3 Å². The van der Waals surface area contributed by atoms with Gasteiger partial charge in [-0.15, -0.1) is 0 Å². The fraction of sp³-hybridized carbons (Fsp3) is 0.182. The average molecular weight is 288 g/mol. The van der Waals surface area contributed by atoms with E-state index in [4.69, 9.17) is 16.3 Å². The molecular weight excluding hydrogens is 279 g/mol. The van der Waals surface area contributed by atoms with E-state index in [9.17, 15) is 4.79 Å². The number of carbonyl (C=O) groups excluding carboxylic acids is 1. The van der Waals surface area contributed by atoms with Gasteiger partial charge in [-0.1, -0.05) is 0 Å². The molecule has 4 heteroatoms. The zero-order valence-electron chi connectivity index (χ0n) is 8.07. The van der Waals surface area contributed by atoms with Crippen LogP contribution in [0.3, 0.4) is 0 Å². The van der Waals surface area contributed by atoms with Gasteiger partial charge in [0.25, 0.3) is 0 Å². The van der Waals surface area contributed by atoms with Crippen LogP contribution < -0.4 is 4.46 Å². The van der Waals surface area contributed by atoms with E-state index in [1.54, 1.807) is 0 Å². The predicted octanol–water partition coefficient (Wildman–Crippen LogP) is 1.41. The number of halogens is 1. The van der Waals surface area contributed by atoms with E-state index in [1.165, 1.54) is 4.46 Å². The van der Waals surface area contributed by atoms with Gasteiger partial charge in [-0.25, -0.2) is 0 Å². The van der Waals surface area contributed by atoms with Crippen LogP contribution in [0.25, 0.3) is 0 Å². The number of ether oxygens (including phenoxy) is 1. The maximum absolute atomic E-state index is 11.2. The summed E-state index contributed by atoms with van der Waals surface area (Å²) in [5, 5.41) is 0.270. The summed E-state index contributed by atoms with van der Waals surface area (Å²) in [4.78, 5) is 11.2. The second-order valence-electron chi connectivity index (χ2n) is 3.14. The number of benzene rings is 1. The Morgan fingerprint density at radius 3 is 2.53 bits per heavy atom. The van der Waals surface area contributed by atoms with Crippen molar-refractivity contribution in [3.05, 3.63) is 39.8 Å². The summed E-state index contributed by atoms with van der Waals surface area (Å²) < 4.78 is 7.16. The first-order valence-corrected chi connectivity index (χ1v) is 6.61. The molecule has 1 aromatic rings. The molecule has 1 aromatic carbocycles. The van der Waals surface area contributed by atoms with Crippen molar-refractivity contribution in [1.82, 2.24) is 0 Å². The molecule has 1 heterocycles. The van der Waals surface area contributed by atoms with Gasteiger partial charge in [0, 0.05) is 0 Å². The van der Waals surface area contributed by atoms with Crippen LogP contribution in [0.1, 0.15) is 6.92 Å². The van der Waals surface area contributed by atoms with Gasteiger partial charge >= 0.3 is 99.4 Å². The van der Waals surface area contributed by atoms with Crippen LogP contribution in [0, 0.1) is 0 Å². The summed E-state index contributed by atoms with van der Waals surface area (Å²) >= 11 is 5.97. The fourth-order valence-corrected chi connectivity index (χ4v) is 3.65. The molecule has 1 aliphatic rings. The summed E-state index contributed by atoms with van der Waals surface area (Å²) in [5.41, 5.74) is 0. The molecule has 0 saturated carbocycles. The Balaban J connectivity index is 2.23. The van der Waals surface area contributed by atoms with Crippen molar-refractivity contribution in [1.29, 1.82) is 0 Å². The summed E-state index contributed by atoms with van der Waals surface area (Å²) in [7, 11) is 0. The Morgan fingerprint density at radius 2 is 2.00 bits per heavy atom. The van der Waals surface area contributed by atoms with Crippen LogP contribution in [-0.4, -0.2) is 27.0 Å². The monoisotopic (exact) mass is 288 g/mol. The molecule has 0 saturated heterocycles. The van der Waals surface area contributed by atoms with Gasteiger partial charge in [-0.05, 0) is 0 Å². The number of esters is 1. The molecule has 15 heavy (non-hydrogen) atoms. The number of hydrogen-bond donors (Lipinski definition) is 0. The van der Waals surface area contributed by atoms with Crippen molar-refractivity contribution in [2.75, 3.05) is 0 Å². The van der Waals surface area contributed by atoms with Crippen molar-refractivity contribution >= 4 is 37.0 Å². The molecule has 78 valence electrons. The van der Waals surface area contributed by atoms with E-state index in [2.05, 4.69) is 0 Å². The van der Waals surface area contributed by atoms with E-state index in [1.807, 2.05) is 37.3 Å². The van der Waals surface area contributed by atoms with Crippen LogP contribution in [0.5, 0.6) is 0 Å². The minimum atomic E-state index is -0.392. The van der Waals surface area contributed by atoms with E-state index in [0.717, 1.165) is 4.47 Å². The number of carbonyl (C=O) groups is 1.